The molecule has 0 aliphatic heterocycles. The molecule has 2 fully saturated rings. The van der Waals surface area contributed by atoms with Gasteiger partial charge >= 0.3 is 0 Å². The van der Waals surface area contributed by atoms with Crippen molar-refractivity contribution in [1.29, 1.82) is 0 Å². The van der Waals surface area contributed by atoms with Crippen molar-refractivity contribution in [3.05, 3.63) is 0 Å². The fourth-order valence-electron chi connectivity index (χ4n) is 2.50. The summed E-state index contributed by atoms with van der Waals surface area (Å²) < 4.78 is 0. The van der Waals surface area contributed by atoms with Crippen molar-refractivity contribution in [1.82, 2.24) is 5.32 Å². The van der Waals surface area contributed by atoms with Crippen LogP contribution in [0.1, 0.15) is 52.9 Å². The van der Waals surface area contributed by atoms with E-state index in [-0.39, 0.29) is 0 Å². The first-order valence-electron chi connectivity index (χ1n) is 6.41. The van der Waals surface area contributed by atoms with Crippen LogP contribution >= 0.6 is 0 Å². The van der Waals surface area contributed by atoms with Crippen LogP contribution in [0.4, 0.5) is 0 Å². The van der Waals surface area contributed by atoms with Gasteiger partial charge in [0.25, 0.3) is 0 Å². The molecule has 2 aliphatic rings. The lowest BCUT2D eigenvalue weighted by atomic mass is 9.97. The van der Waals surface area contributed by atoms with Crippen molar-refractivity contribution in [2.75, 3.05) is 6.54 Å². The minimum Gasteiger partial charge on any atom is -0.313 e. The zero-order valence-electron chi connectivity index (χ0n) is 9.97. The Hall–Kier alpha value is -0.0400. The first-order chi connectivity index (χ1) is 6.68. The molecule has 0 saturated heterocycles. The van der Waals surface area contributed by atoms with Gasteiger partial charge in [-0.05, 0) is 49.9 Å². The summed E-state index contributed by atoms with van der Waals surface area (Å²) in [5, 5.41) is 3.76. The van der Waals surface area contributed by atoms with Crippen LogP contribution in [0.5, 0.6) is 0 Å². The second-order valence-electron chi connectivity index (χ2n) is 5.69. The molecule has 2 aliphatic carbocycles. The zero-order chi connectivity index (χ0) is 10.2. The summed E-state index contributed by atoms with van der Waals surface area (Å²) in [5.74, 6) is 1.92. The highest BCUT2D eigenvalue weighted by Crippen LogP contribution is 2.60. The van der Waals surface area contributed by atoms with Gasteiger partial charge in [0.1, 0.15) is 0 Å². The van der Waals surface area contributed by atoms with Crippen LogP contribution in [-0.4, -0.2) is 12.6 Å². The van der Waals surface area contributed by atoms with Crippen LogP contribution in [0, 0.1) is 17.3 Å². The molecule has 1 N–H and O–H groups in total. The molecule has 2 rings (SSSR count). The Kier molecular flexibility index (Phi) is 2.88. The van der Waals surface area contributed by atoms with E-state index in [1.54, 1.807) is 0 Å². The summed E-state index contributed by atoms with van der Waals surface area (Å²) in [4.78, 5) is 0. The molecule has 2 unspecified atom stereocenters. The molecule has 1 heteroatoms. The smallest absolute Gasteiger partial charge is 0.00644 e. The summed E-state index contributed by atoms with van der Waals surface area (Å²) in [5.41, 5.74) is 0.766. The topological polar surface area (TPSA) is 12.0 Å². The van der Waals surface area contributed by atoms with Crippen LogP contribution in [-0.2, 0) is 0 Å². The average Bonchev–Trinajstić information content (AvgIpc) is 3.03. The number of rotatable bonds is 6. The molecule has 2 saturated carbocycles. The largest absolute Gasteiger partial charge is 0.313 e. The molecule has 0 radical (unpaired) electrons. The molecule has 1 nitrogen and oxygen atoms in total. The van der Waals surface area contributed by atoms with E-state index in [2.05, 4.69) is 26.1 Å². The second kappa shape index (κ2) is 3.84. The molecule has 0 spiro atoms. The van der Waals surface area contributed by atoms with Gasteiger partial charge in [0, 0.05) is 12.6 Å². The summed E-state index contributed by atoms with van der Waals surface area (Å²) in [7, 11) is 0. The second-order valence-corrected chi connectivity index (χ2v) is 5.69. The Morgan fingerprint density at radius 3 is 2.36 bits per heavy atom. The van der Waals surface area contributed by atoms with Crippen molar-refractivity contribution in [2.24, 2.45) is 17.3 Å². The van der Waals surface area contributed by atoms with E-state index < -0.39 is 0 Å². The Balaban J connectivity index is 1.71. The Labute approximate surface area is 88.7 Å². The fraction of sp³-hybridized carbons (Fsp3) is 1.00. The molecule has 0 aromatic heterocycles. The third kappa shape index (κ3) is 2.13. The standard InChI is InChI=1S/C13H25N/c1-4-10(2)11(3)14-9-13(7-8-13)12-5-6-12/h10-12,14H,4-9H2,1-3H3. The fourth-order valence-corrected chi connectivity index (χ4v) is 2.50. The first kappa shape index (κ1) is 10.5. The highest BCUT2D eigenvalue weighted by atomic mass is 14.9. The Morgan fingerprint density at radius 2 is 1.93 bits per heavy atom. The van der Waals surface area contributed by atoms with E-state index in [1.165, 1.54) is 38.6 Å². The van der Waals surface area contributed by atoms with Gasteiger partial charge in [-0.15, -0.1) is 0 Å². The first-order valence-corrected chi connectivity index (χ1v) is 6.41. The van der Waals surface area contributed by atoms with E-state index in [0.717, 1.165) is 17.3 Å². The van der Waals surface area contributed by atoms with E-state index in [1.807, 2.05) is 0 Å². The van der Waals surface area contributed by atoms with Gasteiger partial charge in [0.2, 0.25) is 0 Å². The normalized spacial score (nSPS) is 28.5. The Bertz CT molecular complexity index is 191. The van der Waals surface area contributed by atoms with Crippen molar-refractivity contribution in [2.45, 2.75) is 58.9 Å². The summed E-state index contributed by atoms with van der Waals surface area (Å²) in [6, 6.07) is 0.705. The molecule has 2 atom stereocenters. The minimum absolute atomic E-state index is 0.705. The molecule has 82 valence electrons. The molecule has 0 aromatic rings. The maximum Gasteiger partial charge on any atom is 0.00644 e. The molecular formula is C13H25N. The third-order valence-electron chi connectivity index (χ3n) is 4.61. The lowest BCUT2D eigenvalue weighted by molar-refractivity contribution is 0.328. The van der Waals surface area contributed by atoms with Gasteiger partial charge in [-0.2, -0.15) is 0 Å². The van der Waals surface area contributed by atoms with Crippen molar-refractivity contribution < 1.29 is 0 Å². The van der Waals surface area contributed by atoms with Crippen LogP contribution in [0.3, 0.4) is 0 Å². The van der Waals surface area contributed by atoms with Gasteiger partial charge < -0.3 is 5.32 Å². The maximum atomic E-state index is 3.76. The van der Waals surface area contributed by atoms with Crippen molar-refractivity contribution in [3.8, 4) is 0 Å². The van der Waals surface area contributed by atoms with Crippen LogP contribution in [0.2, 0.25) is 0 Å². The number of hydrogen-bond acceptors (Lipinski definition) is 1. The van der Waals surface area contributed by atoms with Crippen LogP contribution in [0.25, 0.3) is 0 Å². The highest BCUT2D eigenvalue weighted by molar-refractivity contribution is 5.05. The summed E-state index contributed by atoms with van der Waals surface area (Å²) in [6.45, 7) is 8.28. The SMILES string of the molecule is CCC(C)C(C)NCC1(C2CC2)CC1. The van der Waals surface area contributed by atoms with Crippen molar-refractivity contribution in [3.63, 3.8) is 0 Å². The van der Waals surface area contributed by atoms with Gasteiger partial charge in [-0.25, -0.2) is 0 Å². The molecule has 0 amide bonds. The number of nitrogens with one attached hydrogen (secondary N) is 1. The predicted octanol–water partition coefficient (Wildman–Crippen LogP) is 3.20. The monoisotopic (exact) mass is 195 g/mol. The van der Waals surface area contributed by atoms with E-state index in [0.29, 0.717) is 6.04 Å². The quantitative estimate of drug-likeness (QED) is 0.686. The molecule has 0 bridgehead atoms. The summed E-state index contributed by atoms with van der Waals surface area (Å²) >= 11 is 0. The van der Waals surface area contributed by atoms with E-state index in [4.69, 9.17) is 0 Å². The van der Waals surface area contributed by atoms with Gasteiger partial charge in [-0.3, -0.25) is 0 Å². The van der Waals surface area contributed by atoms with Crippen LogP contribution < -0.4 is 5.32 Å². The Morgan fingerprint density at radius 1 is 1.29 bits per heavy atom. The minimum atomic E-state index is 0.705. The van der Waals surface area contributed by atoms with E-state index >= 15 is 0 Å². The molecule has 14 heavy (non-hydrogen) atoms. The average molecular weight is 195 g/mol. The maximum absolute atomic E-state index is 3.76. The predicted molar refractivity (Wildman–Crippen MR) is 61.3 cm³/mol. The lowest BCUT2D eigenvalue weighted by Gasteiger charge is -2.23. The highest BCUT2D eigenvalue weighted by Gasteiger charge is 2.53. The van der Waals surface area contributed by atoms with Gasteiger partial charge in [0.15, 0.2) is 0 Å². The lowest BCUT2D eigenvalue weighted by Crippen LogP contribution is -2.36. The molecule has 0 aromatic carbocycles. The molecule has 0 heterocycles. The molecular weight excluding hydrogens is 170 g/mol. The van der Waals surface area contributed by atoms with Crippen molar-refractivity contribution >= 4 is 0 Å². The van der Waals surface area contributed by atoms with E-state index in [9.17, 15) is 0 Å². The summed E-state index contributed by atoms with van der Waals surface area (Å²) in [6.07, 6.45) is 7.32. The van der Waals surface area contributed by atoms with Gasteiger partial charge in [0.05, 0.1) is 0 Å². The zero-order valence-corrected chi connectivity index (χ0v) is 9.97. The van der Waals surface area contributed by atoms with Crippen LogP contribution in [0.15, 0.2) is 0 Å². The third-order valence-corrected chi connectivity index (χ3v) is 4.61. The van der Waals surface area contributed by atoms with Gasteiger partial charge in [-0.1, -0.05) is 20.3 Å². The number of hydrogen-bond donors (Lipinski definition) is 1.